The normalized spacial score (nSPS) is 15.9. The summed E-state index contributed by atoms with van der Waals surface area (Å²) in [5, 5.41) is 22.0. The Bertz CT molecular complexity index is 1680. The van der Waals surface area contributed by atoms with Gasteiger partial charge in [0.1, 0.15) is 41.4 Å². The number of hydrogen-bond acceptors (Lipinski definition) is 9. The summed E-state index contributed by atoms with van der Waals surface area (Å²) in [6.45, 7) is 3.34. The van der Waals surface area contributed by atoms with Crippen LogP contribution in [0, 0.1) is 0 Å². The minimum atomic E-state index is -0.792. The van der Waals surface area contributed by atoms with Crippen molar-refractivity contribution >= 4 is 16.9 Å². The van der Waals surface area contributed by atoms with Crippen LogP contribution >= 0.6 is 0 Å². The van der Waals surface area contributed by atoms with Crippen molar-refractivity contribution in [1.82, 2.24) is 9.80 Å². The molecule has 1 aromatic heterocycles. The van der Waals surface area contributed by atoms with Crippen LogP contribution in [0.15, 0.2) is 63.8 Å². The molecule has 0 radical (unpaired) electrons. The van der Waals surface area contributed by atoms with Crippen LogP contribution < -0.4 is 19.6 Å². The van der Waals surface area contributed by atoms with E-state index in [-0.39, 0.29) is 40.4 Å². The molecule has 0 saturated carbocycles. The van der Waals surface area contributed by atoms with Crippen molar-refractivity contribution < 1.29 is 33.6 Å². The van der Waals surface area contributed by atoms with Gasteiger partial charge in [0.25, 0.3) is 0 Å². The summed E-state index contributed by atoms with van der Waals surface area (Å²) < 4.78 is 23.6. The van der Waals surface area contributed by atoms with Gasteiger partial charge < -0.3 is 38.6 Å². The standard InChI is InChI=1S/C32H32N2O8/c1-33-8-10-34(11-9-33)28(38)16-21(20-14-26(39-2)31-27(15-20)40-12-13-41-31)29-22(35)17-23(36)30-24(37)18-25(42-32(29)30)19-6-4-3-5-7-19/h3-7,14-15,17-18,21,35-36H,8-13,16H2,1-2H3. The number of likely N-dealkylation sites (N-methyl/N-ethyl adjacent to an activating group) is 1. The lowest BCUT2D eigenvalue weighted by molar-refractivity contribution is -0.133. The number of aromatic hydroxyl groups is 2. The molecule has 1 fully saturated rings. The molecule has 1 atom stereocenters. The van der Waals surface area contributed by atoms with Crippen molar-refractivity contribution in [3.63, 3.8) is 0 Å². The number of carbonyl (C=O) groups excluding carboxylic acids is 1. The van der Waals surface area contributed by atoms with Gasteiger partial charge in [-0.05, 0) is 24.7 Å². The number of hydrogen-bond donors (Lipinski definition) is 2. The van der Waals surface area contributed by atoms with Crippen LogP contribution in [0.3, 0.4) is 0 Å². The van der Waals surface area contributed by atoms with E-state index in [1.807, 2.05) is 25.2 Å². The zero-order valence-electron chi connectivity index (χ0n) is 23.5. The predicted molar refractivity (Wildman–Crippen MR) is 156 cm³/mol. The topological polar surface area (TPSA) is 122 Å². The Hall–Kier alpha value is -4.70. The predicted octanol–water partition coefficient (Wildman–Crippen LogP) is 3.95. The fraction of sp³-hybridized carbons (Fsp3) is 0.312. The monoisotopic (exact) mass is 572 g/mol. The van der Waals surface area contributed by atoms with E-state index in [0.29, 0.717) is 54.7 Å². The summed E-state index contributed by atoms with van der Waals surface area (Å²) in [6, 6.07) is 15.0. The number of rotatable bonds is 6. The lowest BCUT2D eigenvalue weighted by Gasteiger charge is -2.33. The molecule has 1 unspecified atom stereocenters. The van der Waals surface area contributed by atoms with Gasteiger partial charge in [0.05, 0.1) is 7.11 Å². The fourth-order valence-corrected chi connectivity index (χ4v) is 5.64. The molecule has 3 aromatic carbocycles. The van der Waals surface area contributed by atoms with Crippen LogP contribution in [-0.4, -0.2) is 79.5 Å². The number of benzene rings is 3. The maximum absolute atomic E-state index is 13.8. The van der Waals surface area contributed by atoms with Crippen LogP contribution in [-0.2, 0) is 4.79 Å². The molecule has 1 saturated heterocycles. The number of ether oxygens (including phenoxy) is 3. The molecule has 0 bridgehead atoms. The van der Waals surface area contributed by atoms with Gasteiger partial charge in [-0.15, -0.1) is 0 Å². The maximum Gasteiger partial charge on any atom is 0.223 e. The molecule has 2 aliphatic rings. The van der Waals surface area contributed by atoms with Gasteiger partial charge in [-0.3, -0.25) is 9.59 Å². The van der Waals surface area contributed by atoms with E-state index in [2.05, 4.69) is 4.90 Å². The molecule has 0 spiro atoms. The maximum atomic E-state index is 13.8. The number of phenols is 2. The molecule has 2 N–H and O–H groups in total. The van der Waals surface area contributed by atoms with Crippen molar-refractivity contribution in [2.24, 2.45) is 0 Å². The van der Waals surface area contributed by atoms with Crippen LogP contribution in [0.4, 0.5) is 0 Å². The second-order valence-corrected chi connectivity index (χ2v) is 10.6. The number of piperazine rings is 1. The van der Waals surface area contributed by atoms with Gasteiger partial charge in [-0.25, -0.2) is 0 Å². The molecule has 2 aliphatic heterocycles. The summed E-state index contributed by atoms with van der Waals surface area (Å²) in [7, 11) is 3.53. The minimum Gasteiger partial charge on any atom is -0.507 e. The summed E-state index contributed by atoms with van der Waals surface area (Å²) in [6.07, 6.45) is -0.0424. The van der Waals surface area contributed by atoms with E-state index >= 15 is 0 Å². The van der Waals surface area contributed by atoms with E-state index in [4.69, 9.17) is 18.6 Å². The molecular formula is C32H32N2O8. The second-order valence-electron chi connectivity index (χ2n) is 10.6. The van der Waals surface area contributed by atoms with Crippen molar-refractivity contribution in [1.29, 1.82) is 0 Å². The average molecular weight is 573 g/mol. The lowest BCUT2D eigenvalue weighted by atomic mass is 9.85. The van der Waals surface area contributed by atoms with E-state index in [1.165, 1.54) is 13.2 Å². The number of fused-ring (bicyclic) bond motifs is 2. The number of phenolic OH excluding ortho intramolecular Hbond substituents is 2. The molecule has 4 aromatic rings. The van der Waals surface area contributed by atoms with E-state index in [9.17, 15) is 19.8 Å². The Morgan fingerprint density at radius 1 is 0.976 bits per heavy atom. The van der Waals surface area contributed by atoms with E-state index < -0.39 is 17.1 Å². The third-order valence-corrected chi connectivity index (χ3v) is 7.89. The average Bonchev–Trinajstić information content (AvgIpc) is 3.00. The van der Waals surface area contributed by atoms with Gasteiger partial charge in [-0.2, -0.15) is 0 Å². The Labute approximate surface area is 242 Å². The zero-order valence-corrected chi connectivity index (χ0v) is 23.5. The van der Waals surface area contributed by atoms with Crippen LogP contribution in [0.1, 0.15) is 23.5 Å². The molecule has 42 heavy (non-hydrogen) atoms. The molecule has 3 heterocycles. The smallest absolute Gasteiger partial charge is 0.223 e. The van der Waals surface area contributed by atoms with E-state index in [0.717, 1.165) is 19.2 Å². The quantitative estimate of drug-likeness (QED) is 0.354. The summed E-state index contributed by atoms with van der Waals surface area (Å²) in [5.41, 5.74) is 0.977. The van der Waals surface area contributed by atoms with Gasteiger partial charge in [0.15, 0.2) is 16.9 Å². The fourth-order valence-electron chi connectivity index (χ4n) is 5.64. The van der Waals surface area contributed by atoms with Gasteiger partial charge in [0.2, 0.25) is 11.7 Å². The zero-order chi connectivity index (χ0) is 29.4. The number of nitrogens with zero attached hydrogens (tertiary/aromatic N) is 2. The van der Waals surface area contributed by atoms with Crippen LogP contribution in [0.2, 0.25) is 0 Å². The molecule has 10 heteroatoms. The molecule has 1 amide bonds. The van der Waals surface area contributed by atoms with Gasteiger partial charge in [-0.1, -0.05) is 30.3 Å². The van der Waals surface area contributed by atoms with Crippen molar-refractivity contribution in [2.75, 3.05) is 53.6 Å². The summed E-state index contributed by atoms with van der Waals surface area (Å²) >= 11 is 0. The first-order chi connectivity index (χ1) is 20.3. The number of methoxy groups -OCH3 is 1. The Kier molecular flexibility index (Phi) is 7.38. The highest BCUT2D eigenvalue weighted by atomic mass is 16.6. The van der Waals surface area contributed by atoms with Crippen LogP contribution in [0.5, 0.6) is 28.7 Å². The summed E-state index contributed by atoms with van der Waals surface area (Å²) in [5.74, 6) is -0.0577. The molecular weight excluding hydrogens is 540 g/mol. The second kappa shape index (κ2) is 11.3. The number of amides is 1. The lowest BCUT2D eigenvalue weighted by Crippen LogP contribution is -2.47. The van der Waals surface area contributed by atoms with Gasteiger partial charge >= 0.3 is 0 Å². The first-order valence-corrected chi connectivity index (χ1v) is 13.9. The Morgan fingerprint density at radius 3 is 2.45 bits per heavy atom. The van der Waals surface area contributed by atoms with Crippen LogP contribution in [0.25, 0.3) is 22.3 Å². The molecule has 0 aliphatic carbocycles. The Balaban J connectivity index is 1.56. The first-order valence-electron chi connectivity index (χ1n) is 13.9. The highest BCUT2D eigenvalue weighted by Gasteiger charge is 2.32. The highest BCUT2D eigenvalue weighted by molar-refractivity contribution is 5.91. The van der Waals surface area contributed by atoms with E-state index in [1.54, 1.807) is 29.2 Å². The highest BCUT2D eigenvalue weighted by Crippen LogP contribution is 2.47. The largest absolute Gasteiger partial charge is 0.507 e. The van der Waals surface area contributed by atoms with Gasteiger partial charge in [0, 0.05) is 61.8 Å². The molecule has 218 valence electrons. The third kappa shape index (κ3) is 5.09. The summed E-state index contributed by atoms with van der Waals surface area (Å²) in [4.78, 5) is 31.1. The minimum absolute atomic E-state index is 0.00360. The SMILES string of the molecule is COc1cc(C(CC(=O)N2CCN(C)CC2)c2c(O)cc(O)c3c(=O)cc(-c4ccccc4)oc23)cc2c1OCCO2. The first kappa shape index (κ1) is 27.5. The van der Waals surface area contributed by atoms with Crippen molar-refractivity contribution in [2.45, 2.75) is 12.3 Å². The van der Waals surface area contributed by atoms with Crippen molar-refractivity contribution in [3.8, 4) is 40.1 Å². The third-order valence-electron chi connectivity index (χ3n) is 7.89. The van der Waals surface area contributed by atoms with Crippen molar-refractivity contribution in [3.05, 3.63) is 75.9 Å². The molecule has 10 nitrogen and oxygen atoms in total. The number of carbonyl (C=O) groups is 1. The Morgan fingerprint density at radius 2 is 1.71 bits per heavy atom. The molecule has 6 rings (SSSR count).